The van der Waals surface area contributed by atoms with E-state index >= 15 is 0 Å². The summed E-state index contributed by atoms with van der Waals surface area (Å²) in [7, 11) is 0. The number of nitrogens with zero attached hydrogens (tertiary/aromatic N) is 2. The number of rotatable bonds is 6. The summed E-state index contributed by atoms with van der Waals surface area (Å²) in [4.78, 5) is 9.22. The standard InChI is InChI=1S/C22H25N3OS.C2H5NO/c1-15(2)26-12-6-9-18(13-16(3)14-23)21-24-25-22(27-21)20-11-5-8-17-7-4-10-19(17)20;1-2(3)4/h5-6,8-9,11-13,15,21,24H,4,7,10H2,1-3H3;1H3,(H2,3,4)/b12-6+,16-13+,18-9+;. The summed E-state index contributed by atoms with van der Waals surface area (Å²) in [6.07, 6.45) is 11.1. The smallest absolute Gasteiger partial charge is 0.214 e. The number of thioether (sulfide) groups is 1. The van der Waals surface area contributed by atoms with Crippen molar-refractivity contribution in [3.63, 3.8) is 0 Å². The Bertz CT molecular complexity index is 951. The van der Waals surface area contributed by atoms with Crippen LogP contribution in [0, 0.1) is 11.3 Å². The Balaban J connectivity index is 0.000000785. The first kappa shape index (κ1) is 24.3. The fraction of sp³-hybridized carbons (Fsp3) is 0.375. The maximum Gasteiger partial charge on any atom is 0.214 e. The van der Waals surface area contributed by atoms with Gasteiger partial charge in [0.25, 0.3) is 0 Å². The van der Waals surface area contributed by atoms with Crippen LogP contribution in [0.2, 0.25) is 0 Å². The summed E-state index contributed by atoms with van der Waals surface area (Å²) < 4.78 is 5.46. The van der Waals surface area contributed by atoms with Gasteiger partial charge in [-0.05, 0) is 68.9 Å². The van der Waals surface area contributed by atoms with Crippen LogP contribution in [0.25, 0.3) is 0 Å². The highest BCUT2D eigenvalue weighted by Gasteiger charge is 2.26. The van der Waals surface area contributed by atoms with Crippen LogP contribution in [0.4, 0.5) is 0 Å². The van der Waals surface area contributed by atoms with Gasteiger partial charge in [-0.3, -0.25) is 10.2 Å². The lowest BCUT2D eigenvalue weighted by Gasteiger charge is -2.12. The van der Waals surface area contributed by atoms with Crippen LogP contribution in [0.5, 0.6) is 0 Å². The predicted octanol–water partition coefficient (Wildman–Crippen LogP) is 4.33. The van der Waals surface area contributed by atoms with Crippen molar-refractivity contribution in [2.45, 2.75) is 58.4 Å². The second-order valence-corrected chi connectivity index (χ2v) is 8.66. The summed E-state index contributed by atoms with van der Waals surface area (Å²) in [6, 6.07) is 8.70. The molecule has 1 aliphatic carbocycles. The van der Waals surface area contributed by atoms with Gasteiger partial charge in [-0.25, -0.2) is 0 Å². The van der Waals surface area contributed by atoms with Gasteiger partial charge in [0.2, 0.25) is 5.91 Å². The molecule has 0 spiro atoms. The minimum absolute atomic E-state index is 0.0238. The minimum Gasteiger partial charge on any atom is -0.499 e. The van der Waals surface area contributed by atoms with E-state index in [0.717, 1.165) is 23.5 Å². The highest BCUT2D eigenvalue weighted by molar-refractivity contribution is 8.15. The normalized spacial score (nSPS) is 18.1. The Labute approximate surface area is 188 Å². The highest BCUT2D eigenvalue weighted by atomic mass is 32.2. The first-order valence-electron chi connectivity index (χ1n) is 10.3. The molecule has 164 valence electrons. The highest BCUT2D eigenvalue weighted by Crippen LogP contribution is 2.33. The molecule has 6 nitrogen and oxygen atoms in total. The number of ether oxygens (including phenoxy) is 1. The number of carbonyl (C=O) groups is 1. The largest absolute Gasteiger partial charge is 0.499 e. The quantitative estimate of drug-likeness (QED) is 0.391. The van der Waals surface area contributed by atoms with E-state index in [2.05, 4.69) is 40.5 Å². The van der Waals surface area contributed by atoms with E-state index < -0.39 is 0 Å². The van der Waals surface area contributed by atoms with E-state index in [-0.39, 0.29) is 17.4 Å². The maximum absolute atomic E-state index is 9.22. The van der Waals surface area contributed by atoms with Crippen LogP contribution >= 0.6 is 11.8 Å². The van der Waals surface area contributed by atoms with Gasteiger partial charge < -0.3 is 10.5 Å². The van der Waals surface area contributed by atoms with Gasteiger partial charge in [0.15, 0.2) is 0 Å². The minimum atomic E-state index is -0.333. The van der Waals surface area contributed by atoms with E-state index in [1.54, 1.807) is 18.0 Å². The van der Waals surface area contributed by atoms with Crippen molar-refractivity contribution >= 4 is 22.7 Å². The molecular formula is C24H30N4O2S. The molecule has 31 heavy (non-hydrogen) atoms. The average molecular weight is 439 g/mol. The number of hydrogen-bond acceptors (Lipinski definition) is 6. The second-order valence-electron chi connectivity index (χ2n) is 7.57. The molecule has 1 aromatic carbocycles. The molecule has 0 radical (unpaired) electrons. The number of nitriles is 1. The monoisotopic (exact) mass is 438 g/mol. The Hall–Kier alpha value is -2.98. The van der Waals surface area contributed by atoms with Gasteiger partial charge in [-0.2, -0.15) is 10.4 Å². The molecule has 7 heteroatoms. The number of hydrogen-bond donors (Lipinski definition) is 2. The molecule has 0 fully saturated rings. The van der Waals surface area contributed by atoms with Crippen LogP contribution < -0.4 is 11.2 Å². The summed E-state index contributed by atoms with van der Waals surface area (Å²) in [5.41, 5.74) is 13.5. The summed E-state index contributed by atoms with van der Waals surface area (Å²) >= 11 is 1.70. The zero-order chi connectivity index (χ0) is 22.8. The summed E-state index contributed by atoms with van der Waals surface area (Å²) in [5.74, 6) is -0.333. The van der Waals surface area contributed by atoms with E-state index in [0.29, 0.717) is 5.57 Å². The van der Waals surface area contributed by atoms with Crippen LogP contribution in [0.3, 0.4) is 0 Å². The van der Waals surface area contributed by atoms with Gasteiger partial charge in [-0.15, -0.1) is 0 Å². The van der Waals surface area contributed by atoms with Gasteiger partial charge in [0.1, 0.15) is 10.4 Å². The lowest BCUT2D eigenvalue weighted by atomic mass is 10.0. The molecule has 0 aromatic heterocycles. The number of fused-ring (bicyclic) bond motifs is 1. The Kier molecular flexibility index (Phi) is 9.41. The summed E-state index contributed by atoms with van der Waals surface area (Å²) in [6.45, 7) is 7.09. The Morgan fingerprint density at radius 1 is 1.39 bits per heavy atom. The fourth-order valence-corrected chi connectivity index (χ4v) is 4.25. The first-order chi connectivity index (χ1) is 14.8. The molecule has 3 N–H and O–H groups in total. The SMILES string of the molecule is CC(N)=O.C\C(C#N)=C/C(=C\C=C\OC(C)C)C1NN=C(c2cccc3c2CCC3)S1. The van der Waals surface area contributed by atoms with Gasteiger partial charge in [-0.1, -0.05) is 36.0 Å². The maximum atomic E-state index is 9.22. The van der Waals surface area contributed by atoms with Gasteiger partial charge in [0.05, 0.1) is 18.4 Å². The molecule has 3 rings (SSSR count). The number of benzene rings is 1. The van der Waals surface area contributed by atoms with Crippen LogP contribution in [0.15, 0.2) is 58.9 Å². The van der Waals surface area contributed by atoms with Crippen molar-refractivity contribution in [1.82, 2.24) is 5.43 Å². The number of primary amides is 1. The molecule has 0 bridgehead atoms. The Morgan fingerprint density at radius 3 is 2.81 bits per heavy atom. The third-order valence-electron chi connectivity index (χ3n) is 4.47. The van der Waals surface area contributed by atoms with E-state index in [4.69, 9.17) is 10.00 Å². The second kappa shape index (κ2) is 12.0. The molecule has 1 atom stereocenters. The predicted molar refractivity (Wildman–Crippen MR) is 127 cm³/mol. The number of carbonyl (C=O) groups excluding carboxylic acids is 1. The van der Waals surface area contributed by atoms with Crippen LogP contribution in [-0.4, -0.2) is 22.4 Å². The molecule has 1 heterocycles. The zero-order valence-corrected chi connectivity index (χ0v) is 19.3. The lowest BCUT2D eigenvalue weighted by molar-refractivity contribution is -0.115. The third-order valence-corrected chi connectivity index (χ3v) is 5.62. The molecular weight excluding hydrogens is 408 g/mol. The molecule has 1 amide bonds. The number of allylic oxidation sites excluding steroid dienone is 3. The Morgan fingerprint density at radius 2 is 2.13 bits per heavy atom. The fourth-order valence-electron chi connectivity index (χ4n) is 3.21. The molecule has 1 aromatic rings. The van der Waals surface area contributed by atoms with Crippen molar-refractivity contribution in [3.8, 4) is 6.07 Å². The van der Waals surface area contributed by atoms with Crippen molar-refractivity contribution in [2.24, 2.45) is 10.8 Å². The van der Waals surface area contributed by atoms with Gasteiger partial charge >= 0.3 is 0 Å². The van der Waals surface area contributed by atoms with Crippen molar-refractivity contribution in [3.05, 3.63) is 70.5 Å². The lowest BCUT2D eigenvalue weighted by Crippen LogP contribution is -2.17. The van der Waals surface area contributed by atoms with Crippen molar-refractivity contribution < 1.29 is 9.53 Å². The van der Waals surface area contributed by atoms with E-state index in [1.807, 2.05) is 39.0 Å². The number of amides is 1. The molecule has 1 unspecified atom stereocenters. The van der Waals surface area contributed by atoms with Crippen molar-refractivity contribution in [2.75, 3.05) is 0 Å². The average Bonchev–Trinajstić information content (AvgIpc) is 3.38. The number of aryl methyl sites for hydroxylation is 1. The zero-order valence-electron chi connectivity index (χ0n) is 18.5. The van der Waals surface area contributed by atoms with Crippen molar-refractivity contribution in [1.29, 1.82) is 5.26 Å². The van der Waals surface area contributed by atoms with Crippen LogP contribution in [0.1, 0.15) is 50.8 Å². The van der Waals surface area contributed by atoms with Crippen LogP contribution in [-0.2, 0) is 22.4 Å². The number of nitrogens with one attached hydrogen (secondary N) is 1. The first-order valence-corrected chi connectivity index (χ1v) is 11.2. The summed E-state index contributed by atoms with van der Waals surface area (Å²) in [5, 5.41) is 14.8. The van der Waals surface area contributed by atoms with E-state index in [9.17, 15) is 4.79 Å². The van der Waals surface area contributed by atoms with E-state index in [1.165, 1.54) is 30.0 Å². The number of nitrogens with two attached hydrogens (primary N) is 1. The molecule has 0 saturated carbocycles. The topological polar surface area (TPSA) is 100 Å². The molecule has 0 saturated heterocycles. The molecule has 2 aliphatic rings. The number of hydrazone groups is 1. The van der Waals surface area contributed by atoms with Gasteiger partial charge in [0, 0.05) is 18.1 Å². The molecule has 1 aliphatic heterocycles. The third kappa shape index (κ3) is 7.65.